The third-order valence-corrected chi connectivity index (χ3v) is 10.6. The van der Waals surface area contributed by atoms with Gasteiger partial charge in [-0.15, -0.1) is 0 Å². The van der Waals surface area contributed by atoms with Crippen molar-refractivity contribution in [3.8, 4) is 11.1 Å². The Morgan fingerprint density at radius 1 is 0.581 bits per heavy atom. The molecular formula is C39H53BrO2S. The molecule has 0 atom stereocenters. The maximum Gasteiger partial charge on any atom is 0.160 e. The Hall–Kier alpha value is -1.91. The van der Waals surface area contributed by atoms with E-state index in [1.165, 1.54) is 114 Å². The van der Waals surface area contributed by atoms with E-state index in [0.717, 1.165) is 31.3 Å². The molecule has 3 aromatic rings. The van der Waals surface area contributed by atoms with Crippen LogP contribution in [0.15, 0.2) is 56.7 Å². The summed E-state index contributed by atoms with van der Waals surface area (Å²) in [6.45, 7) is 7.69. The van der Waals surface area contributed by atoms with Gasteiger partial charge in [-0.05, 0) is 53.0 Å². The number of hydrogen-bond acceptors (Lipinski definition) is 3. The average Bonchev–Trinajstić information content (AvgIpc) is 3.00. The number of unbranched alkanes of at least 4 members (excludes halogenated alkanes) is 16. The fourth-order valence-electron chi connectivity index (χ4n) is 6.08. The van der Waals surface area contributed by atoms with Crippen molar-refractivity contribution in [2.75, 3.05) is 0 Å². The van der Waals surface area contributed by atoms with Crippen LogP contribution in [-0.4, -0.2) is 11.6 Å². The molecule has 0 fully saturated rings. The van der Waals surface area contributed by atoms with Crippen molar-refractivity contribution in [2.24, 2.45) is 0 Å². The third kappa shape index (κ3) is 10.6. The molecule has 0 spiro atoms. The van der Waals surface area contributed by atoms with E-state index in [9.17, 15) is 9.59 Å². The van der Waals surface area contributed by atoms with Gasteiger partial charge in [0.2, 0.25) is 0 Å². The van der Waals surface area contributed by atoms with Crippen LogP contribution in [0.4, 0.5) is 0 Å². The van der Waals surface area contributed by atoms with Crippen molar-refractivity contribution in [2.45, 2.75) is 147 Å². The zero-order valence-electron chi connectivity index (χ0n) is 27.2. The van der Waals surface area contributed by atoms with Gasteiger partial charge in [0.15, 0.2) is 11.6 Å². The molecule has 0 amide bonds. The molecule has 2 nitrogen and oxygen atoms in total. The lowest BCUT2D eigenvalue weighted by Gasteiger charge is -2.23. The van der Waals surface area contributed by atoms with Gasteiger partial charge in [-0.2, -0.15) is 0 Å². The molecule has 0 bridgehead atoms. The van der Waals surface area contributed by atoms with Crippen LogP contribution in [0.5, 0.6) is 0 Å². The molecule has 0 aliphatic carbocycles. The maximum absolute atomic E-state index is 12.2. The Labute approximate surface area is 274 Å². The minimum absolute atomic E-state index is 0.0267. The topological polar surface area (TPSA) is 34.1 Å². The Morgan fingerprint density at radius 3 is 1.51 bits per heavy atom. The number of ketones is 2. The molecule has 0 saturated heterocycles. The Kier molecular flexibility index (Phi) is 16.1. The second kappa shape index (κ2) is 19.5. The molecule has 0 saturated carbocycles. The van der Waals surface area contributed by atoms with Gasteiger partial charge in [0.1, 0.15) is 0 Å². The normalized spacial score (nSPS) is 11.7. The Balaban J connectivity index is 0.000000244. The number of hydrogen-bond donors (Lipinski definition) is 0. The summed E-state index contributed by atoms with van der Waals surface area (Å²) in [5.41, 5.74) is 3.41. The fourth-order valence-corrected chi connectivity index (χ4v) is 7.88. The molecule has 1 heterocycles. The van der Waals surface area contributed by atoms with E-state index in [4.69, 9.17) is 0 Å². The molecule has 234 valence electrons. The highest BCUT2D eigenvalue weighted by atomic mass is 79.9. The maximum atomic E-state index is 12.2. The van der Waals surface area contributed by atoms with Crippen LogP contribution in [0.2, 0.25) is 0 Å². The smallest absolute Gasteiger partial charge is 0.160 e. The van der Waals surface area contributed by atoms with Crippen LogP contribution in [0.1, 0.15) is 158 Å². The summed E-state index contributed by atoms with van der Waals surface area (Å²) in [5.74, 6) is -0.0630. The SMILES string of the molecule is CC(=O)c1ccc2c3c(c(Br)cc(C(C)=O)c13)Sc1ccccc1-2.CCCCCCCCCCCCCCCCCCC. The van der Waals surface area contributed by atoms with Crippen molar-refractivity contribution in [3.63, 3.8) is 0 Å². The lowest BCUT2D eigenvalue weighted by molar-refractivity contribution is 0.101. The summed E-state index contributed by atoms with van der Waals surface area (Å²) >= 11 is 5.29. The molecule has 1 aliphatic heterocycles. The van der Waals surface area contributed by atoms with Gasteiger partial charge in [0, 0.05) is 36.2 Å². The zero-order chi connectivity index (χ0) is 31.0. The van der Waals surface area contributed by atoms with Crippen molar-refractivity contribution < 1.29 is 9.59 Å². The van der Waals surface area contributed by atoms with Crippen molar-refractivity contribution >= 4 is 50.0 Å². The highest BCUT2D eigenvalue weighted by Crippen LogP contribution is 2.51. The van der Waals surface area contributed by atoms with E-state index < -0.39 is 0 Å². The molecule has 4 rings (SSSR count). The van der Waals surface area contributed by atoms with Gasteiger partial charge in [0.05, 0.1) is 0 Å². The van der Waals surface area contributed by atoms with Gasteiger partial charge in [-0.3, -0.25) is 9.59 Å². The van der Waals surface area contributed by atoms with Crippen LogP contribution >= 0.6 is 27.7 Å². The van der Waals surface area contributed by atoms with Crippen molar-refractivity contribution in [1.82, 2.24) is 0 Å². The summed E-state index contributed by atoms with van der Waals surface area (Å²) in [4.78, 5) is 26.6. The van der Waals surface area contributed by atoms with Gasteiger partial charge < -0.3 is 0 Å². The molecule has 3 aromatic carbocycles. The number of rotatable bonds is 18. The zero-order valence-corrected chi connectivity index (χ0v) is 29.6. The molecule has 0 N–H and O–H groups in total. The number of halogens is 1. The van der Waals surface area contributed by atoms with Crippen LogP contribution in [0.25, 0.3) is 21.9 Å². The van der Waals surface area contributed by atoms with Crippen molar-refractivity contribution in [1.29, 1.82) is 0 Å². The van der Waals surface area contributed by atoms with Gasteiger partial charge in [-0.1, -0.05) is 165 Å². The van der Waals surface area contributed by atoms with Gasteiger partial charge in [0.25, 0.3) is 0 Å². The van der Waals surface area contributed by atoms with Crippen LogP contribution in [-0.2, 0) is 0 Å². The average molecular weight is 666 g/mol. The summed E-state index contributed by atoms with van der Waals surface area (Å²) in [5, 5.41) is 1.76. The summed E-state index contributed by atoms with van der Waals surface area (Å²) < 4.78 is 0.890. The molecule has 0 unspecified atom stereocenters. The number of fused-ring (bicyclic) bond motifs is 2. The number of carbonyl (C=O) groups excluding carboxylic acids is 2. The van der Waals surface area contributed by atoms with E-state index in [-0.39, 0.29) is 11.6 Å². The predicted octanol–water partition coefficient (Wildman–Crippen LogP) is 13.8. The standard InChI is InChI=1S/C20H13BrO2S.C19H40/c1-10(22)12-7-8-14-13-5-3-4-6-17(13)24-20-16(21)9-15(11(2)23)18(12)19(14)20;1-3-5-7-9-11-13-15-17-19-18-16-14-12-10-8-6-4-2/h3-9H,1-2H3;3-19H2,1-2H3. The van der Waals surface area contributed by atoms with E-state index in [2.05, 4.69) is 41.9 Å². The highest BCUT2D eigenvalue weighted by Gasteiger charge is 2.26. The number of carbonyl (C=O) groups is 2. The summed E-state index contributed by atoms with van der Waals surface area (Å²) in [6.07, 6.45) is 24.9. The second-order valence-electron chi connectivity index (χ2n) is 12.2. The summed E-state index contributed by atoms with van der Waals surface area (Å²) in [7, 11) is 0. The van der Waals surface area contributed by atoms with E-state index in [1.54, 1.807) is 25.6 Å². The largest absolute Gasteiger partial charge is 0.294 e. The first-order valence-corrected chi connectivity index (χ1v) is 18.6. The predicted molar refractivity (Wildman–Crippen MR) is 191 cm³/mol. The fraction of sp³-hybridized carbons (Fsp3) is 0.538. The minimum Gasteiger partial charge on any atom is -0.294 e. The van der Waals surface area contributed by atoms with Crippen LogP contribution < -0.4 is 0 Å². The first kappa shape index (κ1) is 35.6. The lowest BCUT2D eigenvalue weighted by Crippen LogP contribution is -2.05. The van der Waals surface area contributed by atoms with Gasteiger partial charge in [-0.25, -0.2) is 0 Å². The molecule has 0 radical (unpaired) electrons. The monoisotopic (exact) mass is 664 g/mol. The first-order chi connectivity index (χ1) is 20.9. The van der Waals surface area contributed by atoms with E-state index in [0.29, 0.717) is 11.1 Å². The Morgan fingerprint density at radius 2 is 1.05 bits per heavy atom. The number of benzene rings is 3. The number of Topliss-reactive ketones (excluding diaryl/α,β-unsaturated/α-hetero) is 2. The van der Waals surface area contributed by atoms with Crippen molar-refractivity contribution in [3.05, 3.63) is 58.1 Å². The molecule has 1 aliphatic rings. The quantitative estimate of drug-likeness (QED) is 0.0783. The van der Waals surface area contributed by atoms with Crippen LogP contribution in [0, 0.1) is 0 Å². The second-order valence-corrected chi connectivity index (χ2v) is 14.1. The molecule has 4 heteroatoms. The molecule has 0 aromatic heterocycles. The Bertz CT molecular complexity index is 1310. The highest BCUT2D eigenvalue weighted by molar-refractivity contribution is 9.10. The third-order valence-electron chi connectivity index (χ3n) is 8.54. The lowest BCUT2D eigenvalue weighted by atomic mass is 9.89. The molecule has 43 heavy (non-hydrogen) atoms. The van der Waals surface area contributed by atoms with E-state index in [1.807, 2.05) is 30.3 Å². The van der Waals surface area contributed by atoms with E-state index >= 15 is 0 Å². The minimum atomic E-state index is -0.0363. The van der Waals surface area contributed by atoms with Crippen LogP contribution in [0.3, 0.4) is 0 Å². The summed E-state index contributed by atoms with van der Waals surface area (Å²) in [6, 6.07) is 13.9. The molecular weight excluding hydrogens is 612 g/mol. The first-order valence-electron chi connectivity index (χ1n) is 17.0. The van der Waals surface area contributed by atoms with Gasteiger partial charge >= 0.3 is 0 Å².